The first-order valence-electron chi connectivity index (χ1n) is 8.03. The van der Waals surface area contributed by atoms with Gasteiger partial charge in [-0.1, -0.05) is 6.07 Å². The lowest BCUT2D eigenvalue weighted by Crippen LogP contribution is -2.43. The van der Waals surface area contributed by atoms with E-state index < -0.39 is 10.0 Å². The zero-order chi connectivity index (χ0) is 19.0. The molecule has 0 bridgehead atoms. The number of rotatable bonds is 10. The Hall–Kier alpha value is -1.48. The van der Waals surface area contributed by atoms with E-state index >= 15 is 0 Å². The van der Waals surface area contributed by atoms with Crippen molar-refractivity contribution in [2.75, 3.05) is 54.1 Å². The first-order valence-corrected chi connectivity index (χ1v) is 9.47. The molecule has 142 valence electrons. The molecule has 0 fully saturated rings. The van der Waals surface area contributed by atoms with Crippen LogP contribution in [0.1, 0.15) is 11.1 Å². The molecule has 1 aromatic rings. The van der Waals surface area contributed by atoms with Gasteiger partial charge in [0, 0.05) is 34.4 Å². The van der Waals surface area contributed by atoms with Crippen LogP contribution in [0.2, 0.25) is 0 Å². The third-order valence-corrected chi connectivity index (χ3v) is 5.83. The Morgan fingerprint density at radius 2 is 1.60 bits per heavy atom. The van der Waals surface area contributed by atoms with Gasteiger partial charge < -0.3 is 14.4 Å². The molecular weight excluding hydrogens is 344 g/mol. The highest BCUT2D eigenvalue weighted by Gasteiger charge is 2.25. The molecule has 1 amide bonds. The lowest BCUT2D eigenvalue weighted by molar-refractivity contribution is -0.132. The van der Waals surface area contributed by atoms with Crippen molar-refractivity contribution in [2.24, 2.45) is 0 Å². The second-order valence-electron chi connectivity index (χ2n) is 5.87. The summed E-state index contributed by atoms with van der Waals surface area (Å²) in [4.78, 5) is 14.2. The number of carbonyl (C=O) groups is 1. The van der Waals surface area contributed by atoms with E-state index in [1.807, 2.05) is 13.8 Å². The van der Waals surface area contributed by atoms with Crippen LogP contribution in [0.4, 0.5) is 0 Å². The van der Waals surface area contributed by atoms with Crippen LogP contribution in [-0.4, -0.2) is 77.6 Å². The molecule has 25 heavy (non-hydrogen) atoms. The van der Waals surface area contributed by atoms with E-state index in [-0.39, 0.29) is 17.3 Å². The van der Waals surface area contributed by atoms with E-state index in [0.717, 1.165) is 15.4 Å². The zero-order valence-corrected chi connectivity index (χ0v) is 16.4. The van der Waals surface area contributed by atoms with Crippen LogP contribution in [0, 0.1) is 13.8 Å². The average Bonchev–Trinajstić information content (AvgIpc) is 2.57. The summed E-state index contributed by atoms with van der Waals surface area (Å²) in [6.07, 6.45) is 0. The minimum Gasteiger partial charge on any atom is -0.383 e. The Labute approximate surface area is 150 Å². The number of ether oxygens (including phenoxy) is 2. The van der Waals surface area contributed by atoms with Gasteiger partial charge in [-0.05, 0) is 37.1 Å². The van der Waals surface area contributed by atoms with E-state index in [0.29, 0.717) is 26.3 Å². The highest BCUT2D eigenvalue weighted by Crippen LogP contribution is 2.18. The van der Waals surface area contributed by atoms with Crippen LogP contribution in [-0.2, 0) is 24.3 Å². The van der Waals surface area contributed by atoms with Crippen molar-refractivity contribution in [1.29, 1.82) is 0 Å². The fourth-order valence-corrected chi connectivity index (χ4v) is 3.40. The molecule has 0 atom stereocenters. The molecule has 1 rings (SSSR count). The van der Waals surface area contributed by atoms with Gasteiger partial charge in [0.1, 0.15) is 0 Å². The Morgan fingerprint density at radius 1 is 1.04 bits per heavy atom. The summed E-state index contributed by atoms with van der Waals surface area (Å²) in [7, 11) is 0.787. The van der Waals surface area contributed by atoms with Crippen LogP contribution in [0.3, 0.4) is 0 Å². The monoisotopic (exact) mass is 372 g/mol. The number of carbonyl (C=O) groups excluding carboxylic acids is 1. The predicted molar refractivity (Wildman–Crippen MR) is 96.1 cm³/mol. The topological polar surface area (TPSA) is 76.2 Å². The summed E-state index contributed by atoms with van der Waals surface area (Å²) in [5.41, 5.74) is 1.91. The zero-order valence-electron chi connectivity index (χ0n) is 15.6. The maximum absolute atomic E-state index is 12.7. The molecule has 0 aromatic heterocycles. The standard InChI is InChI=1S/C17H28N2O5S/c1-14-6-7-16(12-15(14)2)25(21,22)18(3)13-17(20)19(8-10-23-4)9-11-24-5/h6-7,12H,8-11,13H2,1-5H3. The number of aryl methyl sites for hydroxylation is 2. The van der Waals surface area contributed by atoms with Crippen molar-refractivity contribution in [2.45, 2.75) is 18.7 Å². The van der Waals surface area contributed by atoms with E-state index in [1.165, 1.54) is 7.05 Å². The summed E-state index contributed by atoms with van der Waals surface area (Å²) in [6, 6.07) is 4.95. The normalized spacial score (nSPS) is 11.8. The number of hydrogen-bond acceptors (Lipinski definition) is 5. The molecule has 0 radical (unpaired) electrons. The molecule has 0 aliphatic carbocycles. The van der Waals surface area contributed by atoms with Gasteiger partial charge in [-0.15, -0.1) is 0 Å². The van der Waals surface area contributed by atoms with Crippen LogP contribution >= 0.6 is 0 Å². The summed E-state index contributed by atoms with van der Waals surface area (Å²) >= 11 is 0. The highest BCUT2D eigenvalue weighted by molar-refractivity contribution is 7.89. The summed E-state index contributed by atoms with van der Waals surface area (Å²) < 4.78 is 36.5. The molecule has 0 spiro atoms. The fraction of sp³-hybridized carbons (Fsp3) is 0.588. The fourth-order valence-electron chi connectivity index (χ4n) is 2.19. The minimum atomic E-state index is -3.72. The average molecular weight is 372 g/mol. The molecule has 0 aliphatic rings. The van der Waals surface area contributed by atoms with Crippen molar-refractivity contribution < 1.29 is 22.7 Å². The van der Waals surface area contributed by atoms with E-state index in [9.17, 15) is 13.2 Å². The maximum atomic E-state index is 12.7. The molecule has 0 saturated carbocycles. The first-order chi connectivity index (χ1) is 11.7. The quantitative estimate of drug-likeness (QED) is 0.613. The molecule has 8 heteroatoms. The molecule has 0 heterocycles. The Kier molecular flexibility index (Phi) is 8.51. The number of sulfonamides is 1. The lowest BCUT2D eigenvalue weighted by atomic mass is 10.1. The summed E-state index contributed by atoms with van der Waals surface area (Å²) in [5, 5.41) is 0. The Morgan fingerprint density at radius 3 is 2.08 bits per heavy atom. The maximum Gasteiger partial charge on any atom is 0.243 e. The van der Waals surface area contributed by atoms with E-state index in [2.05, 4.69) is 0 Å². The van der Waals surface area contributed by atoms with Crippen molar-refractivity contribution in [3.63, 3.8) is 0 Å². The van der Waals surface area contributed by atoms with Gasteiger partial charge in [0.2, 0.25) is 15.9 Å². The SMILES string of the molecule is COCCN(CCOC)C(=O)CN(C)S(=O)(=O)c1ccc(C)c(C)c1. The first kappa shape index (κ1) is 21.6. The molecule has 0 N–H and O–H groups in total. The number of benzene rings is 1. The van der Waals surface area contributed by atoms with Gasteiger partial charge in [0.05, 0.1) is 24.7 Å². The van der Waals surface area contributed by atoms with Crippen molar-refractivity contribution >= 4 is 15.9 Å². The largest absolute Gasteiger partial charge is 0.383 e. The Bertz CT molecular complexity index is 668. The Balaban J connectivity index is 2.87. The van der Waals surface area contributed by atoms with E-state index in [1.54, 1.807) is 37.3 Å². The van der Waals surface area contributed by atoms with Crippen LogP contribution in [0.25, 0.3) is 0 Å². The van der Waals surface area contributed by atoms with Gasteiger partial charge >= 0.3 is 0 Å². The number of methoxy groups -OCH3 is 2. The van der Waals surface area contributed by atoms with Crippen molar-refractivity contribution in [1.82, 2.24) is 9.21 Å². The number of nitrogens with zero attached hydrogens (tertiary/aromatic N) is 2. The smallest absolute Gasteiger partial charge is 0.243 e. The third kappa shape index (κ3) is 6.07. The van der Waals surface area contributed by atoms with Gasteiger partial charge in [-0.25, -0.2) is 8.42 Å². The predicted octanol–water partition coefficient (Wildman–Crippen LogP) is 1.05. The van der Waals surface area contributed by atoms with Gasteiger partial charge in [-0.3, -0.25) is 4.79 Å². The lowest BCUT2D eigenvalue weighted by Gasteiger charge is -2.25. The van der Waals surface area contributed by atoms with Gasteiger partial charge in [0.25, 0.3) is 0 Å². The molecule has 0 saturated heterocycles. The summed E-state index contributed by atoms with van der Waals surface area (Å²) in [5.74, 6) is -0.288. The van der Waals surface area contributed by atoms with Crippen LogP contribution in [0.5, 0.6) is 0 Å². The molecular formula is C17H28N2O5S. The summed E-state index contributed by atoms with van der Waals surface area (Å²) in [6.45, 7) is 5.07. The van der Waals surface area contributed by atoms with Crippen molar-refractivity contribution in [3.05, 3.63) is 29.3 Å². The molecule has 7 nitrogen and oxygen atoms in total. The number of amides is 1. The van der Waals surface area contributed by atoms with Crippen molar-refractivity contribution in [3.8, 4) is 0 Å². The third-order valence-electron chi connectivity index (χ3n) is 4.03. The second kappa shape index (κ2) is 9.86. The second-order valence-corrected chi connectivity index (χ2v) is 7.92. The molecule has 0 aliphatic heterocycles. The van der Waals surface area contributed by atoms with Gasteiger partial charge in [-0.2, -0.15) is 4.31 Å². The number of hydrogen-bond donors (Lipinski definition) is 0. The number of likely N-dealkylation sites (N-methyl/N-ethyl adjacent to an activating group) is 1. The highest BCUT2D eigenvalue weighted by atomic mass is 32.2. The van der Waals surface area contributed by atoms with Gasteiger partial charge in [0.15, 0.2) is 0 Å². The molecule has 1 aromatic carbocycles. The molecule has 0 unspecified atom stereocenters. The van der Waals surface area contributed by atoms with Crippen LogP contribution in [0.15, 0.2) is 23.1 Å². The minimum absolute atomic E-state index is 0.186. The van der Waals surface area contributed by atoms with Crippen LogP contribution < -0.4 is 0 Å². The van der Waals surface area contributed by atoms with E-state index in [4.69, 9.17) is 9.47 Å².